The molecule has 1 aliphatic heterocycles. The van der Waals surface area contributed by atoms with Crippen molar-refractivity contribution in [1.82, 2.24) is 14.9 Å². The van der Waals surface area contributed by atoms with Crippen LogP contribution in [0.2, 0.25) is 0 Å². The van der Waals surface area contributed by atoms with Crippen molar-refractivity contribution in [2.45, 2.75) is 44.1 Å². The fourth-order valence-corrected chi connectivity index (χ4v) is 4.78. The Morgan fingerprint density at radius 3 is 2.29 bits per heavy atom. The third kappa shape index (κ3) is 5.57. The zero-order valence-electron chi connectivity index (χ0n) is 18.1. The van der Waals surface area contributed by atoms with Crippen molar-refractivity contribution in [1.29, 1.82) is 0 Å². The molecule has 162 valence electrons. The monoisotopic (exact) mass is 435 g/mol. The van der Waals surface area contributed by atoms with Crippen molar-refractivity contribution in [3.8, 4) is 22.5 Å². The van der Waals surface area contributed by atoms with Gasteiger partial charge < -0.3 is 14.6 Å². The average molecular weight is 436 g/mol. The lowest BCUT2D eigenvalue weighted by Crippen LogP contribution is -2.48. The Hall–Kier alpha value is -2.57. The van der Waals surface area contributed by atoms with Crippen LogP contribution in [0.1, 0.15) is 26.7 Å². The van der Waals surface area contributed by atoms with Crippen LogP contribution in [0.4, 0.5) is 0 Å². The first kappa shape index (κ1) is 21.7. The predicted octanol–water partition coefficient (Wildman–Crippen LogP) is 5.25. The highest BCUT2D eigenvalue weighted by Gasteiger charge is 2.25. The van der Waals surface area contributed by atoms with Gasteiger partial charge in [-0.05, 0) is 20.3 Å². The number of carbonyl (C=O) groups is 1. The summed E-state index contributed by atoms with van der Waals surface area (Å²) in [6, 6.07) is 20.5. The quantitative estimate of drug-likeness (QED) is 0.407. The van der Waals surface area contributed by atoms with Gasteiger partial charge in [0.2, 0.25) is 5.91 Å². The minimum absolute atomic E-state index is 0.109. The number of aromatic amines is 1. The Labute approximate surface area is 188 Å². The van der Waals surface area contributed by atoms with Crippen molar-refractivity contribution < 1.29 is 9.53 Å². The third-order valence-corrected chi connectivity index (χ3v) is 6.30. The number of hydrogen-bond acceptors (Lipinski definition) is 4. The first-order chi connectivity index (χ1) is 15.1. The molecular formula is C25H29N3O2S. The molecule has 2 aromatic carbocycles. The summed E-state index contributed by atoms with van der Waals surface area (Å²) in [6.07, 6.45) is 1.60. The number of morpholine rings is 1. The Morgan fingerprint density at radius 2 is 1.65 bits per heavy atom. The zero-order valence-corrected chi connectivity index (χ0v) is 18.9. The van der Waals surface area contributed by atoms with E-state index in [1.807, 2.05) is 55.1 Å². The van der Waals surface area contributed by atoms with Crippen LogP contribution < -0.4 is 0 Å². The Bertz CT molecular complexity index is 924. The normalized spacial score (nSPS) is 18.8. The predicted molar refractivity (Wildman–Crippen MR) is 126 cm³/mol. The summed E-state index contributed by atoms with van der Waals surface area (Å²) in [7, 11) is 0. The zero-order chi connectivity index (χ0) is 21.6. The lowest BCUT2D eigenvalue weighted by atomic mass is 10.1. The number of aromatic nitrogens is 2. The molecule has 5 nitrogen and oxygen atoms in total. The third-order valence-electron chi connectivity index (χ3n) is 5.34. The SMILES string of the molecule is C[C@@H]1CN(C(=O)CCCSc2nc(-c3ccccc3)c(-c3ccccc3)[nH]2)C[C@@H](C)O1. The number of thioether (sulfide) groups is 1. The van der Waals surface area contributed by atoms with E-state index in [1.54, 1.807) is 11.8 Å². The second-order valence-electron chi connectivity index (χ2n) is 8.01. The molecule has 6 heteroatoms. The maximum absolute atomic E-state index is 12.6. The van der Waals surface area contributed by atoms with Gasteiger partial charge in [-0.3, -0.25) is 4.79 Å². The fraction of sp³-hybridized carbons (Fsp3) is 0.360. The van der Waals surface area contributed by atoms with Crippen molar-refractivity contribution in [3.63, 3.8) is 0 Å². The van der Waals surface area contributed by atoms with Crippen LogP contribution in [0, 0.1) is 0 Å². The van der Waals surface area contributed by atoms with E-state index in [-0.39, 0.29) is 18.1 Å². The van der Waals surface area contributed by atoms with E-state index in [9.17, 15) is 4.79 Å². The lowest BCUT2D eigenvalue weighted by molar-refractivity contribution is -0.143. The van der Waals surface area contributed by atoms with Crippen molar-refractivity contribution >= 4 is 17.7 Å². The van der Waals surface area contributed by atoms with Crippen LogP contribution in [-0.2, 0) is 9.53 Å². The number of rotatable bonds is 7. The number of nitrogens with one attached hydrogen (secondary N) is 1. The van der Waals surface area contributed by atoms with Crippen LogP contribution in [-0.4, -0.2) is 51.8 Å². The summed E-state index contributed by atoms with van der Waals surface area (Å²) in [4.78, 5) is 22.9. The number of H-pyrrole nitrogens is 1. The first-order valence-corrected chi connectivity index (χ1v) is 11.9. The Balaban J connectivity index is 1.39. The smallest absolute Gasteiger partial charge is 0.222 e. The van der Waals surface area contributed by atoms with Gasteiger partial charge in [0, 0.05) is 36.4 Å². The fourth-order valence-electron chi connectivity index (χ4n) is 3.97. The van der Waals surface area contributed by atoms with Gasteiger partial charge in [0.15, 0.2) is 5.16 Å². The number of amides is 1. The second-order valence-corrected chi connectivity index (χ2v) is 9.09. The molecular weight excluding hydrogens is 406 g/mol. The molecule has 0 aliphatic carbocycles. The van der Waals surface area contributed by atoms with Gasteiger partial charge in [-0.1, -0.05) is 72.4 Å². The van der Waals surface area contributed by atoms with Crippen LogP contribution in [0.15, 0.2) is 65.8 Å². The van der Waals surface area contributed by atoms with Gasteiger partial charge in [-0.25, -0.2) is 4.98 Å². The highest BCUT2D eigenvalue weighted by molar-refractivity contribution is 7.99. The van der Waals surface area contributed by atoms with Crippen molar-refractivity contribution in [2.75, 3.05) is 18.8 Å². The Morgan fingerprint density at radius 1 is 1.03 bits per heavy atom. The summed E-state index contributed by atoms with van der Waals surface area (Å²) in [6.45, 7) is 5.43. The molecule has 1 saturated heterocycles. The molecule has 3 aromatic rings. The van der Waals surface area contributed by atoms with E-state index < -0.39 is 0 Å². The van der Waals surface area contributed by atoms with E-state index >= 15 is 0 Å². The molecule has 2 atom stereocenters. The van der Waals surface area contributed by atoms with Gasteiger partial charge in [-0.15, -0.1) is 0 Å². The molecule has 0 bridgehead atoms. The molecule has 31 heavy (non-hydrogen) atoms. The van der Waals surface area contributed by atoms with Crippen LogP contribution in [0.25, 0.3) is 22.5 Å². The first-order valence-electron chi connectivity index (χ1n) is 10.9. The largest absolute Gasteiger partial charge is 0.372 e. The summed E-state index contributed by atoms with van der Waals surface area (Å²) in [5.74, 6) is 1.06. The molecule has 0 saturated carbocycles. The minimum Gasteiger partial charge on any atom is -0.372 e. The Kier molecular flexibility index (Phi) is 7.10. The second kappa shape index (κ2) is 10.2. The van der Waals surface area contributed by atoms with Gasteiger partial charge in [0.05, 0.1) is 23.6 Å². The lowest BCUT2D eigenvalue weighted by Gasteiger charge is -2.35. The highest BCUT2D eigenvalue weighted by Crippen LogP contribution is 2.32. The summed E-state index contributed by atoms with van der Waals surface area (Å²) < 4.78 is 5.73. The number of ether oxygens (including phenoxy) is 1. The standard InChI is InChI=1S/C25H29N3O2S/c1-18-16-28(17-19(2)30-18)22(29)14-9-15-31-25-26-23(20-10-5-3-6-11-20)24(27-25)21-12-7-4-8-13-21/h3-8,10-13,18-19H,9,14-17H2,1-2H3,(H,26,27)/t18-,19-/m1/s1. The van der Waals surface area contributed by atoms with Crippen LogP contribution in [0.5, 0.6) is 0 Å². The molecule has 2 heterocycles. The summed E-state index contributed by atoms with van der Waals surface area (Å²) in [5, 5.41) is 0.888. The van der Waals surface area contributed by atoms with E-state index in [1.165, 1.54) is 0 Å². The molecule has 1 N–H and O–H groups in total. The molecule has 1 aromatic heterocycles. The van der Waals surface area contributed by atoms with E-state index in [0.29, 0.717) is 19.5 Å². The number of carbonyl (C=O) groups excluding carboxylic acids is 1. The van der Waals surface area contributed by atoms with E-state index in [0.717, 1.165) is 39.8 Å². The van der Waals surface area contributed by atoms with Gasteiger partial charge in [-0.2, -0.15) is 0 Å². The maximum atomic E-state index is 12.6. The molecule has 0 radical (unpaired) electrons. The molecule has 4 rings (SSSR count). The maximum Gasteiger partial charge on any atom is 0.222 e. The van der Waals surface area contributed by atoms with Gasteiger partial charge >= 0.3 is 0 Å². The van der Waals surface area contributed by atoms with Crippen molar-refractivity contribution in [3.05, 3.63) is 60.7 Å². The minimum atomic E-state index is 0.109. The van der Waals surface area contributed by atoms with Crippen LogP contribution >= 0.6 is 11.8 Å². The van der Waals surface area contributed by atoms with Crippen LogP contribution in [0.3, 0.4) is 0 Å². The average Bonchev–Trinajstić information content (AvgIpc) is 3.21. The number of nitrogens with zero attached hydrogens (tertiary/aromatic N) is 2. The topological polar surface area (TPSA) is 58.2 Å². The molecule has 1 amide bonds. The summed E-state index contributed by atoms with van der Waals surface area (Å²) in [5.41, 5.74) is 4.20. The van der Waals surface area contributed by atoms with Gasteiger partial charge in [0.25, 0.3) is 0 Å². The van der Waals surface area contributed by atoms with Crippen molar-refractivity contribution in [2.24, 2.45) is 0 Å². The molecule has 0 unspecified atom stereocenters. The number of benzene rings is 2. The van der Waals surface area contributed by atoms with Gasteiger partial charge in [0.1, 0.15) is 0 Å². The summed E-state index contributed by atoms with van der Waals surface area (Å²) >= 11 is 1.67. The number of imidazole rings is 1. The molecule has 1 fully saturated rings. The highest BCUT2D eigenvalue weighted by atomic mass is 32.2. The molecule has 1 aliphatic rings. The van der Waals surface area contributed by atoms with E-state index in [4.69, 9.17) is 9.72 Å². The number of hydrogen-bond donors (Lipinski definition) is 1. The molecule has 0 spiro atoms. The van der Waals surface area contributed by atoms with E-state index in [2.05, 4.69) is 29.2 Å².